The summed E-state index contributed by atoms with van der Waals surface area (Å²) in [6, 6.07) is 4.01. The minimum atomic E-state index is 0.0916. The summed E-state index contributed by atoms with van der Waals surface area (Å²) in [4.78, 5) is 14.9. The van der Waals surface area contributed by atoms with Crippen molar-refractivity contribution in [2.45, 2.75) is 12.8 Å². The lowest BCUT2D eigenvalue weighted by Crippen LogP contribution is -2.38. The van der Waals surface area contributed by atoms with E-state index >= 15 is 0 Å². The van der Waals surface area contributed by atoms with E-state index < -0.39 is 0 Å². The van der Waals surface area contributed by atoms with Gasteiger partial charge >= 0.3 is 0 Å². The number of amides is 1. The topological polar surface area (TPSA) is 32.3 Å². The first-order chi connectivity index (χ1) is 8.75. The van der Waals surface area contributed by atoms with E-state index in [4.69, 9.17) is 0 Å². The van der Waals surface area contributed by atoms with Gasteiger partial charge in [-0.3, -0.25) is 4.79 Å². The van der Waals surface area contributed by atoms with Crippen molar-refractivity contribution >= 4 is 23.3 Å². The molecule has 1 aromatic heterocycles. The molecule has 1 atom stereocenters. The summed E-state index contributed by atoms with van der Waals surface area (Å²) in [6.07, 6.45) is 6.00. The number of hydrogen-bond acceptors (Lipinski definition) is 3. The molecule has 1 unspecified atom stereocenters. The molecule has 1 fully saturated rings. The van der Waals surface area contributed by atoms with Crippen molar-refractivity contribution in [3.63, 3.8) is 0 Å². The Hall–Kier alpha value is -1.13. The summed E-state index contributed by atoms with van der Waals surface area (Å²) in [5, 5.41) is 5.39. The van der Waals surface area contributed by atoms with Crippen molar-refractivity contribution in [3.8, 4) is 0 Å². The molecule has 1 N–H and O–H groups in total. The zero-order chi connectivity index (χ0) is 12.8. The van der Waals surface area contributed by atoms with Crippen molar-refractivity contribution in [3.05, 3.63) is 28.5 Å². The number of rotatable bonds is 4. The first-order valence-electron chi connectivity index (χ1n) is 6.43. The zero-order valence-corrected chi connectivity index (χ0v) is 11.6. The standard InChI is InChI=1S/C14H20N2OS/c1-16(11-12-4-2-8-15-10-12)14(17)7-6-13-5-3-9-18-13/h3,5-7,9,12,15H,2,4,8,10-11H2,1H3/b7-6+. The van der Waals surface area contributed by atoms with Gasteiger partial charge in [0.2, 0.25) is 5.91 Å². The van der Waals surface area contributed by atoms with Crippen LogP contribution in [0.4, 0.5) is 0 Å². The largest absolute Gasteiger partial charge is 0.342 e. The van der Waals surface area contributed by atoms with E-state index in [1.807, 2.05) is 35.5 Å². The van der Waals surface area contributed by atoms with E-state index in [2.05, 4.69) is 5.32 Å². The molecule has 18 heavy (non-hydrogen) atoms. The Kier molecular flexibility index (Phi) is 4.96. The first kappa shape index (κ1) is 13.3. The molecular weight excluding hydrogens is 244 g/mol. The van der Waals surface area contributed by atoms with E-state index in [1.165, 1.54) is 12.8 Å². The van der Waals surface area contributed by atoms with Gasteiger partial charge < -0.3 is 10.2 Å². The molecule has 0 bridgehead atoms. The molecule has 0 spiro atoms. The number of piperidine rings is 1. The van der Waals surface area contributed by atoms with Crippen LogP contribution < -0.4 is 5.32 Å². The number of carbonyl (C=O) groups excluding carboxylic acids is 1. The van der Waals surface area contributed by atoms with Crippen LogP contribution in [0.25, 0.3) is 6.08 Å². The summed E-state index contributed by atoms with van der Waals surface area (Å²) >= 11 is 1.64. The molecule has 0 radical (unpaired) electrons. The van der Waals surface area contributed by atoms with Gasteiger partial charge in [-0.15, -0.1) is 11.3 Å². The van der Waals surface area contributed by atoms with Crippen molar-refractivity contribution < 1.29 is 4.79 Å². The van der Waals surface area contributed by atoms with E-state index in [0.29, 0.717) is 5.92 Å². The highest BCUT2D eigenvalue weighted by Crippen LogP contribution is 2.12. The fourth-order valence-corrected chi connectivity index (χ4v) is 2.84. The van der Waals surface area contributed by atoms with E-state index in [0.717, 1.165) is 24.5 Å². The molecule has 1 aliphatic rings. The Morgan fingerprint density at radius 1 is 1.67 bits per heavy atom. The molecule has 1 saturated heterocycles. The molecule has 0 saturated carbocycles. The van der Waals surface area contributed by atoms with Crippen LogP contribution in [-0.4, -0.2) is 37.5 Å². The highest BCUT2D eigenvalue weighted by molar-refractivity contribution is 7.10. The maximum atomic E-state index is 11.9. The van der Waals surface area contributed by atoms with Crippen molar-refractivity contribution in [2.24, 2.45) is 5.92 Å². The van der Waals surface area contributed by atoms with Crippen LogP contribution in [0.2, 0.25) is 0 Å². The van der Waals surface area contributed by atoms with Gasteiger partial charge in [0.05, 0.1) is 0 Å². The SMILES string of the molecule is CN(CC1CCCNC1)C(=O)/C=C/c1cccs1. The first-order valence-corrected chi connectivity index (χ1v) is 7.31. The summed E-state index contributed by atoms with van der Waals surface area (Å²) in [6.45, 7) is 3.00. The maximum Gasteiger partial charge on any atom is 0.246 e. The zero-order valence-electron chi connectivity index (χ0n) is 10.8. The molecule has 98 valence electrons. The number of carbonyl (C=O) groups is 1. The number of likely N-dealkylation sites (N-methyl/N-ethyl adjacent to an activating group) is 1. The van der Waals surface area contributed by atoms with Gasteiger partial charge in [0, 0.05) is 24.5 Å². The quantitative estimate of drug-likeness (QED) is 0.846. The predicted octanol–water partition coefficient (Wildman–Crippen LogP) is 2.22. The van der Waals surface area contributed by atoms with Crippen LogP contribution in [0, 0.1) is 5.92 Å². The smallest absolute Gasteiger partial charge is 0.246 e. The number of thiophene rings is 1. The Bertz CT molecular complexity index is 394. The Balaban J connectivity index is 1.80. The minimum Gasteiger partial charge on any atom is -0.342 e. The Labute approximate surface area is 112 Å². The van der Waals surface area contributed by atoms with E-state index in [1.54, 1.807) is 17.4 Å². The highest BCUT2D eigenvalue weighted by Gasteiger charge is 2.16. The number of nitrogens with one attached hydrogen (secondary N) is 1. The summed E-state index contributed by atoms with van der Waals surface area (Å²) in [5.41, 5.74) is 0. The van der Waals surface area contributed by atoms with Crippen molar-refractivity contribution in [1.29, 1.82) is 0 Å². The van der Waals surface area contributed by atoms with Gasteiger partial charge in [0.1, 0.15) is 0 Å². The van der Waals surface area contributed by atoms with Crippen molar-refractivity contribution in [2.75, 3.05) is 26.7 Å². The molecule has 1 aromatic rings. The van der Waals surface area contributed by atoms with Crippen LogP contribution in [-0.2, 0) is 4.79 Å². The minimum absolute atomic E-state index is 0.0916. The normalized spacial score (nSPS) is 20.2. The summed E-state index contributed by atoms with van der Waals surface area (Å²) < 4.78 is 0. The van der Waals surface area contributed by atoms with Gasteiger partial charge in [-0.25, -0.2) is 0 Å². The molecule has 3 nitrogen and oxygen atoms in total. The van der Waals surface area contributed by atoms with Gasteiger partial charge in [0.15, 0.2) is 0 Å². The lowest BCUT2D eigenvalue weighted by Gasteiger charge is -2.27. The van der Waals surface area contributed by atoms with Crippen LogP contribution in [0.15, 0.2) is 23.6 Å². The van der Waals surface area contributed by atoms with Crippen LogP contribution in [0.3, 0.4) is 0 Å². The monoisotopic (exact) mass is 264 g/mol. The highest BCUT2D eigenvalue weighted by atomic mass is 32.1. The number of nitrogens with zero attached hydrogens (tertiary/aromatic N) is 1. The lowest BCUT2D eigenvalue weighted by atomic mass is 9.99. The van der Waals surface area contributed by atoms with Crippen LogP contribution in [0.1, 0.15) is 17.7 Å². The molecular formula is C14H20N2OS. The second-order valence-corrected chi connectivity index (χ2v) is 5.76. The predicted molar refractivity (Wildman–Crippen MR) is 76.6 cm³/mol. The van der Waals surface area contributed by atoms with E-state index in [-0.39, 0.29) is 5.91 Å². The lowest BCUT2D eigenvalue weighted by molar-refractivity contribution is -0.125. The summed E-state index contributed by atoms with van der Waals surface area (Å²) in [7, 11) is 1.88. The molecule has 0 aromatic carbocycles. The van der Waals surface area contributed by atoms with Gasteiger partial charge in [0.25, 0.3) is 0 Å². The third-order valence-electron chi connectivity index (χ3n) is 3.24. The third-order valence-corrected chi connectivity index (χ3v) is 4.08. The number of hydrogen-bond donors (Lipinski definition) is 1. The summed E-state index contributed by atoms with van der Waals surface area (Å²) in [5.74, 6) is 0.691. The van der Waals surface area contributed by atoms with Gasteiger partial charge in [-0.2, -0.15) is 0 Å². The Morgan fingerprint density at radius 3 is 3.22 bits per heavy atom. The average molecular weight is 264 g/mol. The van der Waals surface area contributed by atoms with E-state index in [9.17, 15) is 4.79 Å². The molecule has 1 amide bonds. The fourth-order valence-electron chi connectivity index (χ4n) is 2.22. The van der Waals surface area contributed by atoms with Crippen LogP contribution in [0.5, 0.6) is 0 Å². The average Bonchev–Trinajstić information content (AvgIpc) is 2.90. The fraction of sp³-hybridized carbons (Fsp3) is 0.500. The molecule has 4 heteroatoms. The Morgan fingerprint density at radius 2 is 2.56 bits per heavy atom. The molecule has 1 aliphatic heterocycles. The third kappa shape index (κ3) is 3.96. The van der Waals surface area contributed by atoms with Gasteiger partial charge in [-0.1, -0.05) is 6.07 Å². The van der Waals surface area contributed by atoms with Gasteiger partial charge in [-0.05, 0) is 49.4 Å². The molecule has 2 heterocycles. The molecule has 0 aliphatic carbocycles. The van der Waals surface area contributed by atoms with Crippen LogP contribution >= 0.6 is 11.3 Å². The second kappa shape index (κ2) is 6.71. The second-order valence-electron chi connectivity index (χ2n) is 4.78. The van der Waals surface area contributed by atoms with Crippen molar-refractivity contribution in [1.82, 2.24) is 10.2 Å². The maximum absolute atomic E-state index is 11.9. The molecule has 2 rings (SSSR count).